The van der Waals surface area contributed by atoms with E-state index in [1.54, 1.807) is 55.5 Å². The molecule has 0 aliphatic carbocycles. The maximum Gasteiger partial charge on any atom is 0.306 e. The largest absolute Gasteiger partial charge is 0.508 e. The molecule has 0 spiro atoms. The van der Waals surface area contributed by atoms with E-state index in [9.17, 15) is 24.6 Å². The van der Waals surface area contributed by atoms with Gasteiger partial charge in [0.25, 0.3) is 5.56 Å². The fraction of sp³-hybridized carbons (Fsp3) is 0.222. The van der Waals surface area contributed by atoms with Gasteiger partial charge >= 0.3 is 5.97 Å². The van der Waals surface area contributed by atoms with Crippen molar-refractivity contribution in [1.29, 1.82) is 0 Å². The van der Waals surface area contributed by atoms with E-state index in [0.29, 0.717) is 29.6 Å². The molecule has 35 heavy (non-hydrogen) atoms. The predicted molar refractivity (Wildman–Crippen MR) is 130 cm³/mol. The molecule has 8 nitrogen and oxygen atoms in total. The van der Waals surface area contributed by atoms with Crippen molar-refractivity contribution in [3.05, 3.63) is 104 Å². The number of hydrogen-bond acceptors (Lipinski definition) is 7. The summed E-state index contributed by atoms with van der Waals surface area (Å²) >= 11 is 0. The van der Waals surface area contributed by atoms with Crippen LogP contribution in [0.15, 0.2) is 74.9 Å². The number of ether oxygens (including phenoxy) is 1. The molecule has 8 heteroatoms. The van der Waals surface area contributed by atoms with Crippen LogP contribution in [0.1, 0.15) is 34.7 Å². The Kier molecular flexibility index (Phi) is 6.73. The second-order valence-electron chi connectivity index (χ2n) is 8.31. The zero-order chi connectivity index (χ0) is 25.1. The number of rotatable bonds is 7. The molecule has 0 aliphatic heterocycles. The van der Waals surface area contributed by atoms with E-state index in [0.717, 1.165) is 5.56 Å². The molecule has 0 aliphatic rings. The lowest BCUT2D eigenvalue weighted by Crippen LogP contribution is -2.30. The highest BCUT2D eigenvalue weighted by atomic mass is 16.5. The van der Waals surface area contributed by atoms with Crippen molar-refractivity contribution >= 4 is 16.9 Å². The molecule has 4 aromatic rings. The lowest BCUT2D eigenvalue weighted by atomic mass is 9.88. The van der Waals surface area contributed by atoms with E-state index in [1.807, 2.05) is 0 Å². The number of esters is 1. The molecule has 2 heterocycles. The van der Waals surface area contributed by atoms with Crippen LogP contribution in [-0.4, -0.2) is 27.9 Å². The standard InChI is InChI=1S/C27H25NO7/c1-16-13-22(30)25(27(33)28(16)12-11-17-7-9-18(29)10-8-17)20(14-24(31)34-2)21-15-35-23-6-4-3-5-19(23)26(21)32/h3-10,13,15,20,29-30H,11-12,14H2,1-2H3. The summed E-state index contributed by atoms with van der Waals surface area (Å²) in [6.07, 6.45) is 1.40. The Labute approximate surface area is 200 Å². The lowest BCUT2D eigenvalue weighted by Gasteiger charge is -2.20. The molecule has 1 atom stereocenters. The highest BCUT2D eigenvalue weighted by Crippen LogP contribution is 2.32. The van der Waals surface area contributed by atoms with Gasteiger partial charge in [0.2, 0.25) is 0 Å². The molecule has 0 bridgehead atoms. The first kappa shape index (κ1) is 23.8. The summed E-state index contributed by atoms with van der Waals surface area (Å²) in [6, 6.07) is 14.8. The smallest absolute Gasteiger partial charge is 0.306 e. The van der Waals surface area contributed by atoms with Crippen LogP contribution in [0.4, 0.5) is 0 Å². The van der Waals surface area contributed by atoms with Gasteiger partial charge in [0, 0.05) is 23.7 Å². The van der Waals surface area contributed by atoms with Gasteiger partial charge in [-0.1, -0.05) is 24.3 Å². The minimum absolute atomic E-state index is 0.0747. The average molecular weight is 475 g/mol. The first-order chi connectivity index (χ1) is 16.8. The topological polar surface area (TPSA) is 119 Å². The molecule has 2 N–H and O–H groups in total. The van der Waals surface area contributed by atoms with Crippen LogP contribution in [0, 0.1) is 6.92 Å². The van der Waals surface area contributed by atoms with E-state index in [4.69, 9.17) is 9.15 Å². The van der Waals surface area contributed by atoms with Gasteiger partial charge < -0.3 is 23.9 Å². The van der Waals surface area contributed by atoms with Gasteiger partial charge in [-0.05, 0) is 49.2 Å². The van der Waals surface area contributed by atoms with Crippen molar-refractivity contribution in [2.24, 2.45) is 0 Å². The van der Waals surface area contributed by atoms with Crippen molar-refractivity contribution < 1.29 is 24.2 Å². The van der Waals surface area contributed by atoms with Gasteiger partial charge in [-0.25, -0.2) is 0 Å². The van der Waals surface area contributed by atoms with E-state index in [2.05, 4.69) is 0 Å². The molecule has 0 amide bonds. The number of nitrogens with zero attached hydrogens (tertiary/aromatic N) is 1. The summed E-state index contributed by atoms with van der Waals surface area (Å²) in [4.78, 5) is 39.2. The van der Waals surface area contributed by atoms with Gasteiger partial charge in [-0.3, -0.25) is 14.4 Å². The number of aromatic nitrogens is 1. The number of carbonyl (C=O) groups excluding carboxylic acids is 1. The van der Waals surface area contributed by atoms with Crippen LogP contribution in [-0.2, 0) is 22.5 Å². The highest BCUT2D eigenvalue weighted by Gasteiger charge is 2.29. The van der Waals surface area contributed by atoms with Crippen LogP contribution in [0.2, 0.25) is 0 Å². The molecular weight excluding hydrogens is 450 g/mol. The normalized spacial score (nSPS) is 11.9. The fourth-order valence-electron chi connectivity index (χ4n) is 4.23. The number of phenolic OH excluding ortho intramolecular Hbond substituents is 1. The molecule has 0 radical (unpaired) electrons. The van der Waals surface area contributed by atoms with Crippen molar-refractivity contribution in [2.45, 2.75) is 32.2 Å². The van der Waals surface area contributed by atoms with E-state index in [-0.39, 0.29) is 29.0 Å². The van der Waals surface area contributed by atoms with Gasteiger partial charge in [0.15, 0.2) is 5.43 Å². The molecule has 4 rings (SSSR count). The zero-order valence-electron chi connectivity index (χ0n) is 19.4. The maximum atomic E-state index is 13.6. The van der Waals surface area contributed by atoms with Crippen molar-refractivity contribution in [3.63, 3.8) is 0 Å². The molecule has 0 fully saturated rings. The number of aromatic hydroxyl groups is 2. The molecule has 2 aromatic heterocycles. The number of methoxy groups -OCH3 is 1. The van der Waals surface area contributed by atoms with Crippen molar-refractivity contribution in [1.82, 2.24) is 4.57 Å². The number of aryl methyl sites for hydroxylation is 2. The number of benzene rings is 2. The minimum atomic E-state index is -1.07. The zero-order valence-corrected chi connectivity index (χ0v) is 19.4. The van der Waals surface area contributed by atoms with Crippen LogP contribution in [0.3, 0.4) is 0 Å². The average Bonchev–Trinajstić information content (AvgIpc) is 2.84. The highest BCUT2D eigenvalue weighted by molar-refractivity contribution is 5.77. The second kappa shape index (κ2) is 9.89. The van der Waals surface area contributed by atoms with Gasteiger partial charge in [0.05, 0.1) is 30.7 Å². The number of hydrogen-bond donors (Lipinski definition) is 2. The number of carbonyl (C=O) groups is 1. The van der Waals surface area contributed by atoms with Gasteiger partial charge in [0.1, 0.15) is 17.1 Å². The molecule has 2 aromatic carbocycles. The molecule has 180 valence electrons. The Morgan fingerprint density at radius 2 is 1.80 bits per heavy atom. The summed E-state index contributed by atoms with van der Waals surface area (Å²) in [7, 11) is 1.22. The van der Waals surface area contributed by atoms with Gasteiger partial charge in [-0.15, -0.1) is 0 Å². The van der Waals surface area contributed by atoms with Crippen LogP contribution in [0.25, 0.3) is 11.0 Å². The number of phenols is 1. The monoisotopic (exact) mass is 475 g/mol. The molecule has 0 saturated carbocycles. The Morgan fingerprint density at radius 3 is 2.51 bits per heavy atom. The molecular formula is C27H25NO7. The molecule has 1 unspecified atom stereocenters. The quantitative estimate of drug-likeness (QED) is 0.392. The van der Waals surface area contributed by atoms with Gasteiger partial charge in [-0.2, -0.15) is 0 Å². The first-order valence-corrected chi connectivity index (χ1v) is 11.1. The number of para-hydroxylation sites is 1. The van der Waals surface area contributed by atoms with Crippen molar-refractivity contribution in [2.75, 3.05) is 7.11 Å². The second-order valence-corrected chi connectivity index (χ2v) is 8.31. The first-order valence-electron chi connectivity index (χ1n) is 11.1. The Morgan fingerprint density at radius 1 is 1.09 bits per heavy atom. The summed E-state index contributed by atoms with van der Waals surface area (Å²) in [6.45, 7) is 1.99. The number of pyridine rings is 1. The summed E-state index contributed by atoms with van der Waals surface area (Å²) in [5, 5.41) is 20.6. The third-order valence-electron chi connectivity index (χ3n) is 6.11. The van der Waals surface area contributed by atoms with Crippen molar-refractivity contribution in [3.8, 4) is 11.5 Å². The third-order valence-corrected chi connectivity index (χ3v) is 6.11. The predicted octanol–water partition coefficient (Wildman–Crippen LogP) is 3.61. The maximum absolute atomic E-state index is 13.6. The van der Waals surface area contributed by atoms with E-state index in [1.165, 1.54) is 24.0 Å². The Balaban J connectivity index is 1.83. The number of fused-ring (bicyclic) bond motifs is 1. The van der Waals surface area contributed by atoms with Crippen LogP contribution < -0.4 is 11.0 Å². The fourth-order valence-corrected chi connectivity index (χ4v) is 4.23. The third kappa shape index (κ3) is 4.82. The Bertz CT molecular complexity index is 1500. The van der Waals surface area contributed by atoms with E-state index < -0.39 is 22.9 Å². The lowest BCUT2D eigenvalue weighted by molar-refractivity contribution is -0.140. The SMILES string of the molecule is COC(=O)CC(c1coc2ccccc2c1=O)c1c(O)cc(C)n(CCc2ccc(O)cc2)c1=O. The van der Waals surface area contributed by atoms with E-state index >= 15 is 0 Å². The minimum Gasteiger partial charge on any atom is -0.508 e. The summed E-state index contributed by atoms with van der Waals surface area (Å²) < 4.78 is 11.9. The molecule has 0 saturated heterocycles. The summed E-state index contributed by atoms with van der Waals surface area (Å²) in [5.41, 5.74) is 0.906. The summed E-state index contributed by atoms with van der Waals surface area (Å²) in [5.74, 6) is -1.88. The van der Waals surface area contributed by atoms with Crippen LogP contribution in [0.5, 0.6) is 11.5 Å². The Hall–Kier alpha value is -4.33. The van der Waals surface area contributed by atoms with Crippen LogP contribution >= 0.6 is 0 Å².